The number of fused-ring (bicyclic) bond motifs is 4. The second-order valence-electron chi connectivity index (χ2n) is 16.4. The maximum atomic E-state index is 13.7. The first kappa shape index (κ1) is 37.7. The van der Waals surface area contributed by atoms with Gasteiger partial charge in [0.05, 0.1) is 38.2 Å². The minimum atomic E-state index is -0.627. The van der Waals surface area contributed by atoms with Crippen molar-refractivity contribution >= 4 is 52.4 Å². The third-order valence-corrected chi connectivity index (χ3v) is 13.7. The highest BCUT2D eigenvalue weighted by Gasteiger charge is 2.57. The highest BCUT2D eigenvalue weighted by Crippen LogP contribution is 2.63. The van der Waals surface area contributed by atoms with E-state index in [0.29, 0.717) is 63.3 Å². The molecule has 2 aromatic carbocycles. The molecular weight excluding hydrogens is 739 g/mol. The molecule has 4 aromatic rings. The predicted octanol–water partition coefficient (Wildman–Crippen LogP) is 7.18. The van der Waals surface area contributed by atoms with E-state index >= 15 is 0 Å². The zero-order valence-electron chi connectivity index (χ0n) is 31.8. The van der Waals surface area contributed by atoms with Crippen LogP contribution in [0.2, 0.25) is 10.0 Å². The fourth-order valence-corrected chi connectivity index (χ4v) is 10.1. The normalized spacial score (nSPS) is 22.2. The lowest BCUT2D eigenvalue weighted by molar-refractivity contribution is -0.148. The van der Waals surface area contributed by atoms with Gasteiger partial charge in [-0.15, -0.1) is 0 Å². The summed E-state index contributed by atoms with van der Waals surface area (Å²) in [7, 11) is 3.74. The van der Waals surface area contributed by atoms with E-state index in [0.717, 1.165) is 93.8 Å². The maximum Gasteiger partial charge on any atom is 0.309 e. The SMILES string of the molecule is CC(C)N1CCc2c(nc(C(=O)Nc3cccc(-c4cccc(NC(=O)c5nc6c(n5C)CCN(CCC57CCC(C(=O)O)(CC5)C7)C6)c4Cl)c3Cl)n2C)C1. The number of hydrogen-bond donors (Lipinski definition) is 3. The first-order valence-electron chi connectivity index (χ1n) is 19.3. The van der Waals surface area contributed by atoms with Crippen LogP contribution in [0.15, 0.2) is 36.4 Å². The molecule has 2 aromatic heterocycles. The zero-order valence-corrected chi connectivity index (χ0v) is 33.4. The van der Waals surface area contributed by atoms with Gasteiger partial charge < -0.3 is 24.9 Å². The van der Waals surface area contributed by atoms with Crippen molar-refractivity contribution in [3.63, 3.8) is 0 Å². The summed E-state index contributed by atoms with van der Waals surface area (Å²) in [4.78, 5) is 53.5. The van der Waals surface area contributed by atoms with Crippen LogP contribution in [0.3, 0.4) is 0 Å². The van der Waals surface area contributed by atoms with Gasteiger partial charge in [0.25, 0.3) is 11.8 Å². The van der Waals surface area contributed by atoms with Crippen LogP contribution in [0, 0.1) is 10.8 Å². The van der Waals surface area contributed by atoms with Crippen molar-refractivity contribution in [3.05, 3.63) is 80.9 Å². The number of hydrogen-bond acceptors (Lipinski definition) is 7. The molecule has 3 N–H and O–H groups in total. The molecule has 14 heteroatoms. The number of aliphatic carboxylic acids is 1. The van der Waals surface area contributed by atoms with Gasteiger partial charge >= 0.3 is 5.97 Å². The van der Waals surface area contributed by atoms with Crippen molar-refractivity contribution in [2.75, 3.05) is 30.3 Å². The summed E-state index contributed by atoms with van der Waals surface area (Å²) in [6, 6.07) is 11.1. The van der Waals surface area contributed by atoms with E-state index in [1.54, 1.807) is 24.3 Å². The molecule has 2 aliphatic carbocycles. The van der Waals surface area contributed by atoms with E-state index in [1.165, 1.54) is 0 Å². The molecule has 4 aliphatic rings. The molecule has 0 radical (unpaired) electrons. The number of aromatic nitrogens is 4. The number of amides is 2. The van der Waals surface area contributed by atoms with E-state index in [-0.39, 0.29) is 17.2 Å². The molecular formula is C41H48Cl2N8O4. The van der Waals surface area contributed by atoms with E-state index < -0.39 is 11.4 Å². The van der Waals surface area contributed by atoms with Gasteiger partial charge in [0.2, 0.25) is 0 Å². The predicted molar refractivity (Wildman–Crippen MR) is 213 cm³/mol. The monoisotopic (exact) mass is 786 g/mol. The molecule has 0 unspecified atom stereocenters. The van der Waals surface area contributed by atoms with Gasteiger partial charge in [0, 0.05) is 81.7 Å². The summed E-state index contributed by atoms with van der Waals surface area (Å²) in [6.07, 6.45) is 6.97. The number of nitrogens with zero attached hydrogens (tertiary/aromatic N) is 6. The second-order valence-corrected chi connectivity index (χ2v) is 17.1. The summed E-state index contributed by atoms with van der Waals surface area (Å²) in [5.41, 5.74) is 5.58. The maximum absolute atomic E-state index is 13.7. The van der Waals surface area contributed by atoms with Crippen LogP contribution in [0.4, 0.5) is 11.4 Å². The number of nitrogens with one attached hydrogen (secondary N) is 2. The Morgan fingerprint density at radius 2 is 1.33 bits per heavy atom. The van der Waals surface area contributed by atoms with Gasteiger partial charge in [-0.1, -0.05) is 47.5 Å². The van der Waals surface area contributed by atoms with Crippen molar-refractivity contribution in [3.8, 4) is 11.1 Å². The van der Waals surface area contributed by atoms with E-state index in [9.17, 15) is 19.5 Å². The third kappa shape index (κ3) is 6.74. The van der Waals surface area contributed by atoms with E-state index in [2.05, 4.69) is 34.3 Å². The van der Waals surface area contributed by atoms with Crippen molar-refractivity contribution < 1.29 is 19.5 Å². The van der Waals surface area contributed by atoms with Crippen molar-refractivity contribution in [2.24, 2.45) is 24.9 Å². The van der Waals surface area contributed by atoms with Gasteiger partial charge in [0.1, 0.15) is 0 Å². The number of rotatable bonds is 10. The van der Waals surface area contributed by atoms with Crippen LogP contribution in [0.25, 0.3) is 11.1 Å². The highest BCUT2D eigenvalue weighted by atomic mass is 35.5. The number of carboxylic acids is 1. The summed E-state index contributed by atoms with van der Waals surface area (Å²) in [6.45, 7) is 8.36. The summed E-state index contributed by atoms with van der Waals surface area (Å²) < 4.78 is 3.74. The first-order chi connectivity index (χ1) is 26.3. The van der Waals surface area contributed by atoms with Crippen molar-refractivity contribution in [1.82, 2.24) is 28.9 Å². The lowest BCUT2D eigenvalue weighted by Crippen LogP contribution is -2.36. The molecule has 2 bridgehead atoms. The zero-order chi connectivity index (χ0) is 38.8. The highest BCUT2D eigenvalue weighted by molar-refractivity contribution is 6.40. The van der Waals surface area contributed by atoms with Crippen LogP contribution >= 0.6 is 23.2 Å². The van der Waals surface area contributed by atoms with Crippen molar-refractivity contribution in [1.29, 1.82) is 0 Å². The van der Waals surface area contributed by atoms with Gasteiger partial charge in [-0.2, -0.15) is 0 Å². The third-order valence-electron chi connectivity index (χ3n) is 12.9. The number of imidazole rings is 2. The Morgan fingerprint density at radius 1 is 0.800 bits per heavy atom. The van der Waals surface area contributed by atoms with Crippen LogP contribution in [-0.4, -0.2) is 77.5 Å². The lowest BCUT2D eigenvalue weighted by atomic mass is 9.80. The molecule has 290 valence electrons. The number of anilines is 2. The molecule has 55 heavy (non-hydrogen) atoms. The molecule has 0 atom stereocenters. The Bertz CT molecular complexity index is 2200. The van der Waals surface area contributed by atoms with Crippen LogP contribution in [-0.2, 0) is 44.8 Å². The summed E-state index contributed by atoms with van der Waals surface area (Å²) in [5.74, 6) is -0.716. The second kappa shape index (κ2) is 14.4. The average Bonchev–Trinajstić information content (AvgIpc) is 3.92. The molecule has 2 fully saturated rings. The van der Waals surface area contributed by atoms with Gasteiger partial charge in [0.15, 0.2) is 11.6 Å². The Morgan fingerprint density at radius 3 is 1.84 bits per heavy atom. The Hall–Kier alpha value is -4.23. The number of carbonyl (C=O) groups is 3. The topological polar surface area (TPSA) is 138 Å². The van der Waals surface area contributed by atoms with E-state index in [1.807, 2.05) is 35.4 Å². The molecule has 8 rings (SSSR count). The number of halogens is 2. The summed E-state index contributed by atoms with van der Waals surface area (Å²) in [5, 5.41) is 16.4. The quantitative estimate of drug-likeness (QED) is 0.154. The molecule has 12 nitrogen and oxygen atoms in total. The molecule has 2 amide bonds. The molecule has 0 saturated heterocycles. The van der Waals surface area contributed by atoms with Crippen LogP contribution in [0.5, 0.6) is 0 Å². The fourth-order valence-electron chi connectivity index (χ4n) is 9.55. The standard InChI is InChI=1S/C41H48Cl2N8O4/c1-24(2)51-19-12-32-30(22-51)45-36(49(32)4)38(53)47-28-10-6-8-26(34(28)43)25-7-5-9-27(33(25)42)46-37(52)35-44-29-21-50(18-11-31(29)48(35)3)20-17-40-13-15-41(23-40,16-14-40)39(54)55/h5-10,24H,11-23H2,1-4H3,(H,46,52)(H,47,53)(H,54,55). The Balaban J connectivity index is 0.945. The fraction of sp³-hybridized carbons (Fsp3) is 0.488. The number of carboxylic acid groups (broad SMARTS) is 1. The lowest BCUT2D eigenvalue weighted by Gasteiger charge is -2.32. The first-order valence-corrected chi connectivity index (χ1v) is 20.0. The van der Waals surface area contributed by atoms with Gasteiger partial charge in [-0.25, -0.2) is 9.97 Å². The minimum absolute atomic E-state index is 0.136. The number of carbonyl (C=O) groups excluding carboxylic acids is 2. The number of benzene rings is 2. The molecule has 2 aliphatic heterocycles. The van der Waals surface area contributed by atoms with Gasteiger partial charge in [-0.3, -0.25) is 24.2 Å². The minimum Gasteiger partial charge on any atom is -0.481 e. The molecule has 0 spiro atoms. The van der Waals surface area contributed by atoms with Crippen molar-refractivity contribution in [2.45, 2.75) is 84.3 Å². The van der Waals surface area contributed by atoms with Crippen LogP contribution < -0.4 is 10.6 Å². The Labute approximate surface area is 331 Å². The molecule has 4 heterocycles. The smallest absolute Gasteiger partial charge is 0.309 e. The largest absolute Gasteiger partial charge is 0.481 e. The summed E-state index contributed by atoms with van der Waals surface area (Å²) >= 11 is 13.9. The average molecular weight is 788 g/mol. The Kier molecular flexibility index (Phi) is 9.84. The molecule has 2 saturated carbocycles. The van der Waals surface area contributed by atoms with Crippen LogP contribution in [0.1, 0.15) is 96.4 Å². The van der Waals surface area contributed by atoms with E-state index in [4.69, 9.17) is 33.2 Å². The van der Waals surface area contributed by atoms with Gasteiger partial charge in [-0.05, 0) is 76.5 Å².